The minimum absolute atomic E-state index is 0.0632. The van der Waals surface area contributed by atoms with Crippen molar-refractivity contribution >= 4 is 16.8 Å². The zero-order valence-corrected chi connectivity index (χ0v) is 12.8. The first-order valence-corrected chi connectivity index (χ1v) is 7.35. The van der Waals surface area contributed by atoms with Gasteiger partial charge >= 0.3 is 0 Å². The van der Waals surface area contributed by atoms with Gasteiger partial charge in [-0.05, 0) is 23.8 Å². The lowest BCUT2D eigenvalue weighted by molar-refractivity contribution is -0.120. The minimum atomic E-state index is -0.0632. The Morgan fingerprint density at radius 3 is 2.91 bits per heavy atom. The van der Waals surface area contributed by atoms with Crippen molar-refractivity contribution in [1.82, 2.24) is 15.3 Å². The molecule has 3 aromatic rings. The second-order valence-electron chi connectivity index (χ2n) is 5.16. The van der Waals surface area contributed by atoms with Crippen LogP contribution in [0.2, 0.25) is 0 Å². The molecule has 2 heterocycles. The van der Waals surface area contributed by atoms with Crippen LogP contribution < -0.4 is 10.1 Å². The summed E-state index contributed by atoms with van der Waals surface area (Å²) in [6.07, 6.45) is 2.04. The lowest BCUT2D eigenvalue weighted by Crippen LogP contribution is -2.25. The van der Waals surface area contributed by atoms with Gasteiger partial charge in [-0.2, -0.15) is 0 Å². The zero-order chi connectivity index (χ0) is 16.1. The number of para-hydroxylation sites is 1. The highest BCUT2D eigenvalue weighted by molar-refractivity contribution is 5.82. The number of pyridine rings is 2. The summed E-state index contributed by atoms with van der Waals surface area (Å²) in [5.74, 6) is 0.474. The molecule has 0 bridgehead atoms. The van der Waals surface area contributed by atoms with Crippen LogP contribution in [0.1, 0.15) is 11.3 Å². The maximum Gasteiger partial charge on any atom is 0.224 e. The number of carbonyl (C=O) groups excluding carboxylic acids is 1. The maximum absolute atomic E-state index is 12.1. The highest BCUT2D eigenvalue weighted by Crippen LogP contribution is 2.13. The fourth-order valence-electron chi connectivity index (χ4n) is 2.32. The van der Waals surface area contributed by atoms with Gasteiger partial charge in [-0.25, -0.2) is 4.98 Å². The van der Waals surface area contributed by atoms with E-state index in [0.717, 1.165) is 22.2 Å². The number of rotatable bonds is 5. The SMILES string of the molecule is COc1cccc(CNC(=O)Cc2cnc3ccccc3c2)n1. The summed E-state index contributed by atoms with van der Waals surface area (Å²) in [5, 5.41) is 3.90. The number of nitrogens with one attached hydrogen (secondary N) is 1. The second kappa shape index (κ2) is 6.87. The first kappa shape index (κ1) is 15.0. The molecule has 0 aliphatic heterocycles. The van der Waals surface area contributed by atoms with Crippen molar-refractivity contribution in [2.45, 2.75) is 13.0 Å². The number of methoxy groups -OCH3 is 1. The Labute approximate surface area is 134 Å². The van der Waals surface area contributed by atoms with Crippen LogP contribution in [0.4, 0.5) is 0 Å². The van der Waals surface area contributed by atoms with Gasteiger partial charge in [-0.15, -0.1) is 0 Å². The predicted octanol–water partition coefficient (Wildman–Crippen LogP) is 2.50. The van der Waals surface area contributed by atoms with Crippen LogP contribution in [-0.4, -0.2) is 23.0 Å². The van der Waals surface area contributed by atoms with Crippen LogP contribution in [0.15, 0.2) is 54.7 Å². The first-order chi connectivity index (χ1) is 11.2. The molecule has 0 radical (unpaired) electrons. The molecular formula is C18H17N3O2. The van der Waals surface area contributed by atoms with E-state index in [9.17, 15) is 4.79 Å². The third kappa shape index (κ3) is 3.83. The Hall–Kier alpha value is -2.95. The quantitative estimate of drug-likeness (QED) is 0.786. The summed E-state index contributed by atoms with van der Waals surface area (Å²) >= 11 is 0. The van der Waals surface area contributed by atoms with E-state index in [1.54, 1.807) is 19.4 Å². The van der Waals surface area contributed by atoms with Gasteiger partial charge in [0, 0.05) is 17.6 Å². The average Bonchev–Trinajstić information content (AvgIpc) is 2.60. The van der Waals surface area contributed by atoms with Crippen molar-refractivity contribution in [3.8, 4) is 5.88 Å². The van der Waals surface area contributed by atoms with Gasteiger partial charge in [0.15, 0.2) is 0 Å². The molecule has 5 nitrogen and oxygen atoms in total. The summed E-state index contributed by atoms with van der Waals surface area (Å²) in [4.78, 5) is 20.7. The lowest BCUT2D eigenvalue weighted by atomic mass is 10.1. The Morgan fingerprint density at radius 1 is 1.17 bits per heavy atom. The van der Waals surface area contributed by atoms with Crippen molar-refractivity contribution < 1.29 is 9.53 Å². The monoisotopic (exact) mass is 307 g/mol. The van der Waals surface area contributed by atoms with Gasteiger partial charge in [0.2, 0.25) is 11.8 Å². The molecule has 0 saturated heterocycles. The van der Waals surface area contributed by atoms with E-state index < -0.39 is 0 Å². The fraction of sp³-hybridized carbons (Fsp3) is 0.167. The van der Waals surface area contributed by atoms with Crippen LogP contribution in [0, 0.1) is 0 Å². The Bertz CT molecular complexity index is 833. The topological polar surface area (TPSA) is 64.1 Å². The van der Waals surface area contributed by atoms with Crippen molar-refractivity contribution in [2.24, 2.45) is 0 Å². The Kier molecular flexibility index (Phi) is 4.47. The van der Waals surface area contributed by atoms with E-state index >= 15 is 0 Å². The van der Waals surface area contributed by atoms with Crippen LogP contribution in [0.3, 0.4) is 0 Å². The van der Waals surface area contributed by atoms with Gasteiger partial charge in [0.05, 0.1) is 31.3 Å². The van der Waals surface area contributed by atoms with Crippen LogP contribution in [0.5, 0.6) is 5.88 Å². The summed E-state index contributed by atoms with van der Waals surface area (Å²) < 4.78 is 5.07. The predicted molar refractivity (Wildman–Crippen MR) is 88.1 cm³/mol. The van der Waals surface area contributed by atoms with Gasteiger partial charge in [0.1, 0.15) is 0 Å². The molecule has 23 heavy (non-hydrogen) atoms. The molecule has 0 unspecified atom stereocenters. The van der Waals surface area contributed by atoms with Gasteiger partial charge in [0.25, 0.3) is 0 Å². The molecule has 0 atom stereocenters. The number of ether oxygens (including phenoxy) is 1. The van der Waals surface area contributed by atoms with E-state index in [4.69, 9.17) is 4.74 Å². The molecule has 1 amide bonds. The highest BCUT2D eigenvalue weighted by Gasteiger charge is 2.06. The number of hydrogen-bond acceptors (Lipinski definition) is 4. The summed E-state index contributed by atoms with van der Waals surface area (Å²) in [7, 11) is 1.57. The van der Waals surface area contributed by atoms with Crippen molar-refractivity contribution in [2.75, 3.05) is 7.11 Å². The summed E-state index contributed by atoms with van der Waals surface area (Å²) in [6, 6.07) is 15.3. The number of fused-ring (bicyclic) bond motifs is 1. The molecule has 0 spiro atoms. The first-order valence-electron chi connectivity index (χ1n) is 7.35. The van der Waals surface area contributed by atoms with Crippen LogP contribution in [0.25, 0.3) is 10.9 Å². The van der Waals surface area contributed by atoms with Gasteiger partial charge < -0.3 is 10.1 Å². The fourth-order valence-corrected chi connectivity index (χ4v) is 2.32. The van der Waals surface area contributed by atoms with Gasteiger partial charge in [-0.3, -0.25) is 9.78 Å². The molecule has 1 N–H and O–H groups in total. The smallest absolute Gasteiger partial charge is 0.224 e. The van der Waals surface area contributed by atoms with E-state index in [-0.39, 0.29) is 5.91 Å². The number of amides is 1. The molecule has 0 saturated carbocycles. The van der Waals surface area contributed by atoms with E-state index in [1.807, 2.05) is 42.5 Å². The molecule has 116 valence electrons. The second-order valence-corrected chi connectivity index (χ2v) is 5.16. The Morgan fingerprint density at radius 2 is 2.04 bits per heavy atom. The third-order valence-corrected chi connectivity index (χ3v) is 3.47. The lowest BCUT2D eigenvalue weighted by Gasteiger charge is -2.07. The minimum Gasteiger partial charge on any atom is -0.481 e. The van der Waals surface area contributed by atoms with Crippen molar-refractivity contribution in [3.63, 3.8) is 0 Å². The average molecular weight is 307 g/mol. The number of carbonyl (C=O) groups is 1. The summed E-state index contributed by atoms with van der Waals surface area (Å²) in [5.41, 5.74) is 2.58. The number of hydrogen-bond donors (Lipinski definition) is 1. The van der Waals surface area contributed by atoms with E-state index in [2.05, 4.69) is 15.3 Å². The van der Waals surface area contributed by atoms with Crippen LogP contribution in [-0.2, 0) is 17.8 Å². The number of benzene rings is 1. The van der Waals surface area contributed by atoms with Crippen molar-refractivity contribution in [3.05, 3.63) is 66.0 Å². The largest absolute Gasteiger partial charge is 0.481 e. The Balaban J connectivity index is 1.61. The molecule has 0 aliphatic rings. The summed E-state index contributed by atoms with van der Waals surface area (Å²) in [6.45, 7) is 0.372. The van der Waals surface area contributed by atoms with Crippen molar-refractivity contribution in [1.29, 1.82) is 0 Å². The van der Waals surface area contributed by atoms with E-state index in [0.29, 0.717) is 18.8 Å². The van der Waals surface area contributed by atoms with E-state index in [1.165, 1.54) is 0 Å². The standard InChI is InChI=1S/C18H17N3O2/c1-23-18-8-4-6-15(21-18)12-20-17(22)10-13-9-14-5-2-3-7-16(14)19-11-13/h2-9,11H,10,12H2,1H3,(H,20,22). The third-order valence-electron chi connectivity index (χ3n) is 3.47. The number of nitrogens with zero attached hydrogens (tertiary/aromatic N) is 2. The zero-order valence-electron chi connectivity index (χ0n) is 12.8. The molecule has 5 heteroatoms. The normalized spacial score (nSPS) is 10.5. The molecule has 3 rings (SSSR count). The molecule has 2 aromatic heterocycles. The maximum atomic E-state index is 12.1. The number of aromatic nitrogens is 2. The molecule has 0 aliphatic carbocycles. The van der Waals surface area contributed by atoms with Crippen LogP contribution >= 0.6 is 0 Å². The molecular weight excluding hydrogens is 290 g/mol. The van der Waals surface area contributed by atoms with Gasteiger partial charge in [-0.1, -0.05) is 24.3 Å². The molecule has 0 fully saturated rings. The highest BCUT2D eigenvalue weighted by atomic mass is 16.5. The molecule has 1 aromatic carbocycles.